The zero-order valence-electron chi connectivity index (χ0n) is 19.2. The molecule has 1 saturated carbocycles. The molecule has 0 spiro atoms. The first-order chi connectivity index (χ1) is 16.4. The fourth-order valence-corrected chi connectivity index (χ4v) is 6.55. The Bertz CT molecular complexity index is 1120. The zero-order chi connectivity index (χ0) is 24.1. The third-order valence-corrected chi connectivity index (χ3v) is 8.62. The molecule has 1 aliphatic carbocycles. The highest BCUT2D eigenvalue weighted by atomic mass is 32.2. The number of hydrogen-bond donors (Lipinski definition) is 2. The van der Waals surface area contributed by atoms with Gasteiger partial charge in [0.2, 0.25) is 15.9 Å². The summed E-state index contributed by atoms with van der Waals surface area (Å²) in [5.74, 6) is 0.0896. The summed E-state index contributed by atoms with van der Waals surface area (Å²) in [4.78, 5) is 24.2. The van der Waals surface area contributed by atoms with E-state index in [1.165, 1.54) is 28.1 Å². The van der Waals surface area contributed by atoms with Crippen LogP contribution < -0.4 is 10.6 Å². The van der Waals surface area contributed by atoms with E-state index in [4.69, 9.17) is 0 Å². The van der Waals surface area contributed by atoms with Crippen LogP contribution in [-0.4, -0.2) is 50.2 Å². The highest BCUT2D eigenvalue weighted by Gasteiger charge is 2.45. The number of aryl methyl sites for hydroxylation is 1. The summed E-state index contributed by atoms with van der Waals surface area (Å²) in [7, 11) is -3.62. The van der Waals surface area contributed by atoms with Crippen molar-refractivity contribution in [2.45, 2.75) is 36.6 Å². The number of nitrogens with one attached hydrogen (secondary N) is 2. The lowest BCUT2D eigenvalue weighted by Gasteiger charge is -2.19. The van der Waals surface area contributed by atoms with E-state index in [2.05, 4.69) is 29.3 Å². The van der Waals surface area contributed by atoms with E-state index in [-0.39, 0.29) is 34.6 Å². The number of rotatable bonds is 9. The Balaban J connectivity index is 1.28. The molecule has 2 fully saturated rings. The summed E-state index contributed by atoms with van der Waals surface area (Å²) in [5.41, 5.74) is 1.67. The average molecular weight is 482 g/mol. The van der Waals surface area contributed by atoms with Crippen molar-refractivity contribution in [3.05, 3.63) is 78.4 Å². The third kappa shape index (κ3) is 5.56. The van der Waals surface area contributed by atoms with E-state index in [0.29, 0.717) is 25.2 Å². The Morgan fingerprint density at radius 3 is 2.26 bits per heavy atom. The van der Waals surface area contributed by atoms with Crippen LogP contribution in [0.4, 0.5) is 0 Å². The molecule has 1 saturated heterocycles. The van der Waals surface area contributed by atoms with E-state index in [0.717, 1.165) is 25.7 Å². The van der Waals surface area contributed by atoms with Gasteiger partial charge in [0.15, 0.2) is 0 Å². The maximum Gasteiger partial charge on any atom is 0.251 e. The molecule has 8 heteroatoms. The van der Waals surface area contributed by atoms with E-state index in [9.17, 15) is 18.0 Å². The maximum absolute atomic E-state index is 13.1. The van der Waals surface area contributed by atoms with E-state index < -0.39 is 10.0 Å². The highest BCUT2D eigenvalue weighted by molar-refractivity contribution is 7.89. The molecule has 0 radical (unpaired) electrons. The topological polar surface area (TPSA) is 95.6 Å². The first kappa shape index (κ1) is 24.2. The lowest BCUT2D eigenvalue weighted by Crippen LogP contribution is -2.35. The van der Waals surface area contributed by atoms with Crippen LogP contribution in [0.2, 0.25) is 0 Å². The Kier molecular flexibility index (Phi) is 7.48. The van der Waals surface area contributed by atoms with Gasteiger partial charge in [0.25, 0.3) is 5.91 Å². The van der Waals surface area contributed by atoms with Crippen molar-refractivity contribution >= 4 is 21.8 Å². The van der Waals surface area contributed by atoms with Crippen LogP contribution in [0.15, 0.2) is 72.1 Å². The van der Waals surface area contributed by atoms with Gasteiger partial charge < -0.3 is 10.6 Å². The minimum absolute atomic E-state index is 0.0795. The molecule has 2 atom stereocenters. The van der Waals surface area contributed by atoms with Gasteiger partial charge in [0.1, 0.15) is 0 Å². The van der Waals surface area contributed by atoms with Gasteiger partial charge in [-0.25, -0.2) is 8.42 Å². The molecule has 4 rings (SSSR count). The van der Waals surface area contributed by atoms with Crippen molar-refractivity contribution in [2.75, 3.05) is 19.6 Å². The Labute approximate surface area is 201 Å². The molecular weight excluding hydrogens is 450 g/mol. The van der Waals surface area contributed by atoms with Crippen LogP contribution >= 0.6 is 0 Å². The minimum Gasteiger partial charge on any atom is -0.352 e. The van der Waals surface area contributed by atoms with Crippen LogP contribution in [0.3, 0.4) is 0 Å². The van der Waals surface area contributed by atoms with Crippen LogP contribution in [0.5, 0.6) is 0 Å². The second-order valence-electron chi connectivity index (χ2n) is 9.09. The SMILES string of the molecule is C=CC(=O)NC1CC2CN(S(=O)(=O)c3ccc(C(=O)NCCCc4ccccc4)cc3)CC2C1. The Morgan fingerprint density at radius 1 is 1.00 bits per heavy atom. The monoisotopic (exact) mass is 481 g/mol. The molecule has 2 N–H and O–H groups in total. The fourth-order valence-electron chi connectivity index (χ4n) is 5.00. The van der Waals surface area contributed by atoms with E-state index in [1.54, 1.807) is 12.1 Å². The van der Waals surface area contributed by atoms with Crippen LogP contribution in [-0.2, 0) is 21.2 Å². The molecule has 2 amide bonds. The predicted octanol–water partition coefficient (Wildman–Crippen LogP) is 2.75. The Hall–Kier alpha value is -2.97. The van der Waals surface area contributed by atoms with E-state index in [1.807, 2.05) is 18.2 Å². The van der Waals surface area contributed by atoms with E-state index >= 15 is 0 Å². The van der Waals surface area contributed by atoms with Gasteiger partial charge >= 0.3 is 0 Å². The van der Waals surface area contributed by atoms with Crippen molar-refractivity contribution in [3.8, 4) is 0 Å². The molecular formula is C26H31N3O4S. The number of fused-ring (bicyclic) bond motifs is 1. The number of carbonyl (C=O) groups is 2. The molecule has 2 aliphatic rings. The molecule has 7 nitrogen and oxygen atoms in total. The van der Waals surface area contributed by atoms with Crippen molar-refractivity contribution in [2.24, 2.45) is 11.8 Å². The predicted molar refractivity (Wildman–Crippen MR) is 131 cm³/mol. The fraction of sp³-hybridized carbons (Fsp3) is 0.385. The molecule has 2 unspecified atom stereocenters. The summed E-state index contributed by atoms with van der Waals surface area (Å²) < 4.78 is 27.8. The second-order valence-corrected chi connectivity index (χ2v) is 11.0. The number of hydrogen-bond acceptors (Lipinski definition) is 4. The first-order valence-corrected chi connectivity index (χ1v) is 13.2. The molecule has 2 aromatic carbocycles. The largest absolute Gasteiger partial charge is 0.352 e. The highest BCUT2D eigenvalue weighted by Crippen LogP contribution is 2.40. The quantitative estimate of drug-likeness (QED) is 0.425. The summed E-state index contributed by atoms with van der Waals surface area (Å²) in [6.45, 7) is 4.94. The summed E-state index contributed by atoms with van der Waals surface area (Å²) in [5, 5.41) is 5.82. The molecule has 34 heavy (non-hydrogen) atoms. The molecule has 1 heterocycles. The molecule has 2 aromatic rings. The molecule has 0 bridgehead atoms. The standard InChI is InChI=1S/C26H31N3O4S/c1-2-25(30)28-23-15-21-17-29(18-22(21)16-23)34(32,33)24-12-10-20(11-13-24)26(31)27-14-6-9-19-7-4-3-5-8-19/h2-5,7-8,10-13,21-23H,1,6,9,14-18H2,(H,27,31)(H,28,30). The Morgan fingerprint density at radius 2 is 1.65 bits per heavy atom. The normalized spacial score (nSPS) is 22.2. The summed E-state index contributed by atoms with van der Waals surface area (Å²) in [6, 6.07) is 16.3. The summed E-state index contributed by atoms with van der Waals surface area (Å²) >= 11 is 0. The average Bonchev–Trinajstić information content (AvgIpc) is 3.41. The van der Waals surface area contributed by atoms with Crippen molar-refractivity contribution in [1.82, 2.24) is 14.9 Å². The van der Waals surface area contributed by atoms with Gasteiger partial charge in [0, 0.05) is 31.2 Å². The van der Waals surface area contributed by atoms with Crippen molar-refractivity contribution < 1.29 is 18.0 Å². The first-order valence-electron chi connectivity index (χ1n) is 11.7. The molecule has 180 valence electrons. The van der Waals surface area contributed by atoms with Gasteiger partial charge in [-0.1, -0.05) is 36.9 Å². The van der Waals surface area contributed by atoms with Crippen molar-refractivity contribution in [1.29, 1.82) is 0 Å². The number of nitrogens with zero attached hydrogens (tertiary/aromatic N) is 1. The number of benzene rings is 2. The lowest BCUT2D eigenvalue weighted by molar-refractivity contribution is -0.117. The van der Waals surface area contributed by atoms with Gasteiger partial charge in [0.05, 0.1) is 4.90 Å². The third-order valence-electron chi connectivity index (χ3n) is 6.77. The van der Waals surface area contributed by atoms with Crippen LogP contribution in [0.25, 0.3) is 0 Å². The van der Waals surface area contributed by atoms with Crippen LogP contribution in [0, 0.1) is 11.8 Å². The van der Waals surface area contributed by atoms with Gasteiger partial charge in [-0.05, 0) is 73.4 Å². The van der Waals surface area contributed by atoms with Crippen LogP contribution in [0.1, 0.15) is 35.2 Å². The second kappa shape index (κ2) is 10.5. The number of amides is 2. The smallest absolute Gasteiger partial charge is 0.251 e. The maximum atomic E-state index is 13.1. The van der Waals surface area contributed by atoms with Crippen molar-refractivity contribution in [3.63, 3.8) is 0 Å². The molecule has 0 aromatic heterocycles. The minimum atomic E-state index is -3.62. The van der Waals surface area contributed by atoms with Gasteiger partial charge in [-0.3, -0.25) is 9.59 Å². The number of carbonyl (C=O) groups excluding carboxylic acids is 2. The lowest BCUT2D eigenvalue weighted by atomic mass is 10.0. The molecule has 1 aliphatic heterocycles. The number of sulfonamides is 1. The van der Waals surface area contributed by atoms with Gasteiger partial charge in [-0.15, -0.1) is 0 Å². The van der Waals surface area contributed by atoms with Gasteiger partial charge in [-0.2, -0.15) is 4.31 Å². The summed E-state index contributed by atoms with van der Waals surface area (Å²) in [6.07, 6.45) is 4.54. The zero-order valence-corrected chi connectivity index (χ0v) is 20.0.